The molecule has 2 N–H and O–H groups in total. The molecule has 0 saturated heterocycles. The molecule has 0 spiro atoms. The van der Waals surface area contributed by atoms with Crippen molar-refractivity contribution in [2.75, 3.05) is 13.7 Å². The van der Waals surface area contributed by atoms with Crippen LogP contribution in [0.15, 0.2) is 12.1 Å². The molecule has 0 saturated carbocycles. The monoisotopic (exact) mass is 267 g/mol. The molecule has 17 heavy (non-hydrogen) atoms. The first-order chi connectivity index (χ1) is 7.90. The van der Waals surface area contributed by atoms with Gasteiger partial charge in [0.2, 0.25) is 0 Å². The third kappa shape index (κ3) is 3.51. The molecular formula is C11H13ClF3NO. The molecule has 1 aromatic rings. The van der Waals surface area contributed by atoms with E-state index < -0.39 is 11.7 Å². The van der Waals surface area contributed by atoms with Crippen LogP contribution in [-0.2, 0) is 12.6 Å². The summed E-state index contributed by atoms with van der Waals surface area (Å²) in [6.07, 6.45) is -3.29. The maximum atomic E-state index is 12.5. The molecule has 0 aliphatic heterocycles. The quantitative estimate of drug-likeness (QED) is 0.909. The van der Waals surface area contributed by atoms with Gasteiger partial charge in [0.25, 0.3) is 0 Å². The van der Waals surface area contributed by atoms with Crippen molar-refractivity contribution in [1.82, 2.24) is 0 Å². The van der Waals surface area contributed by atoms with E-state index >= 15 is 0 Å². The average Bonchev–Trinajstić information content (AvgIpc) is 2.25. The Hall–Kier alpha value is -0.940. The van der Waals surface area contributed by atoms with Gasteiger partial charge in [-0.3, -0.25) is 0 Å². The highest BCUT2D eigenvalue weighted by Gasteiger charge is 2.32. The summed E-state index contributed by atoms with van der Waals surface area (Å²) >= 11 is 5.83. The molecule has 0 unspecified atom stereocenters. The molecule has 0 aromatic heterocycles. The molecule has 0 heterocycles. The van der Waals surface area contributed by atoms with Crippen molar-refractivity contribution in [1.29, 1.82) is 0 Å². The van der Waals surface area contributed by atoms with Crippen molar-refractivity contribution in [3.05, 3.63) is 28.3 Å². The molecule has 2 nitrogen and oxygen atoms in total. The SMILES string of the molecule is COc1cc(C(F)(F)F)cc(Cl)c1CCCN. The smallest absolute Gasteiger partial charge is 0.416 e. The van der Waals surface area contributed by atoms with Crippen LogP contribution in [0.2, 0.25) is 5.02 Å². The van der Waals surface area contributed by atoms with Crippen molar-refractivity contribution < 1.29 is 17.9 Å². The molecule has 6 heteroatoms. The Bertz CT molecular complexity index is 393. The third-order valence-corrected chi connectivity index (χ3v) is 2.67. The van der Waals surface area contributed by atoms with Crippen LogP contribution in [-0.4, -0.2) is 13.7 Å². The van der Waals surface area contributed by atoms with Gasteiger partial charge in [-0.05, 0) is 31.5 Å². The van der Waals surface area contributed by atoms with Gasteiger partial charge in [0.15, 0.2) is 0 Å². The topological polar surface area (TPSA) is 35.2 Å². The van der Waals surface area contributed by atoms with Crippen molar-refractivity contribution in [3.63, 3.8) is 0 Å². The second-order valence-electron chi connectivity index (χ2n) is 3.53. The molecule has 0 radical (unpaired) electrons. The number of alkyl halides is 3. The van der Waals surface area contributed by atoms with Crippen LogP contribution in [0.4, 0.5) is 13.2 Å². The Morgan fingerprint density at radius 2 is 2.00 bits per heavy atom. The zero-order valence-electron chi connectivity index (χ0n) is 9.27. The van der Waals surface area contributed by atoms with E-state index in [2.05, 4.69) is 0 Å². The van der Waals surface area contributed by atoms with Crippen LogP contribution in [0, 0.1) is 0 Å². The van der Waals surface area contributed by atoms with E-state index in [4.69, 9.17) is 22.1 Å². The lowest BCUT2D eigenvalue weighted by atomic mass is 10.1. The van der Waals surface area contributed by atoms with Gasteiger partial charge in [0, 0.05) is 10.6 Å². The van der Waals surface area contributed by atoms with Crippen LogP contribution in [0.5, 0.6) is 5.75 Å². The van der Waals surface area contributed by atoms with Crippen LogP contribution in [0.1, 0.15) is 17.5 Å². The van der Waals surface area contributed by atoms with Crippen LogP contribution >= 0.6 is 11.6 Å². The number of methoxy groups -OCH3 is 1. The van der Waals surface area contributed by atoms with E-state index in [1.54, 1.807) is 0 Å². The summed E-state index contributed by atoms with van der Waals surface area (Å²) in [5, 5.41) is 0.0603. The number of ether oxygens (including phenoxy) is 1. The number of hydrogen-bond acceptors (Lipinski definition) is 2. The Morgan fingerprint density at radius 1 is 1.35 bits per heavy atom. The van der Waals surface area contributed by atoms with Crippen molar-refractivity contribution in [3.8, 4) is 5.75 Å². The largest absolute Gasteiger partial charge is 0.496 e. The van der Waals surface area contributed by atoms with E-state index in [1.165, 1.54) is 7.11 Å². The second-order valence-corrected chi connectivity index (χ2v) is 3.94. The molecule has 0 aliphatic rings. The van der Waals surface area contributed by atoms with E-state index in [9.17, 15) is 13.2 Å². The molecule has 0 aliphatic carbocycles. The predicted octanol–water partition coefficient (Wildman–Crippen LogP) is 3.26. The van der Waals surface area contributed by atoms with Gasteiger partial charge in [0.1, 0.15) is 5.75 Å². The summed E-state index contributed by atoms with van der Waals surface area (Å²) in [5.74, 6) is 0.151. The van der Waals surface area contributed by atoms with E-state index in [0.29, 0.717) is 24.9 Å². The fourth-order valence-corrected chi connectivity index (χ4v) is 1.78. The molecule has 0 atom stereocenters. The lowest BCUT2D eigenvalue weighted by Crippen LogP contribution is -2.07. The lowest BCUT2D eigenvalue weighted by molar-refractivity contribution is -0.137. The zero-order chi connectivity index (χ0) is 13.1. The van der Waals surface area contributed by atoms with E-state index in [1.807, 2.05) is 0 Å². The fraction of sp³-hybridized carbons (Fsp3) is 0.455. The minimum Gasteiger partial charge on any atom is -0.496 e. The standard InChI is InChI=1S/C11H13ClF3NO/c1-17-10-6-7(11(13,14)15)5-9(12)8(10)3-2-4-16/h5-6H,2-4,16H2,1H3. The highest BCUT2D eigenvalue weighted by Crippen LogP contribution is 2.37. The summed E-state index contributed by atoms with van der Waals surface area (Å²) < 4.78 is 42.5. The highest BCUT2D eigenvalue weighted by molar-refractivity contribution is 6.31. The van der Waals surface area contributed by atoms with Crippen LogP contribution in [0.3, 0.4) is 0 Å². The van der Waals surface area contributed by atoms with Crippen molar-refractivity contribution >= 4 is 11.6 Å². The van der Waals surface area contributed by atoms with Crippen LogP contribution in [0.25, 0.3) is 0 Å². The summed E-state index contributed by atoms with van der Waals surface area (Å²) in [6, 6.07) is 1.87. The first-order valence-electron chi connectivity index (χ1n) is 5.03. The number of nitrogens with two attached hydrogens (primary N) is 1. The second kappa shape index (κ2) is 5.60. The first-order valence-corrected chi connectivity index (χ1v) is 5.41. The summed E-state index contributed by atoms with van der Waals surface area (Å²) in [4.78, 5) is 0. The van der Waals surface area contributed by atoms with Crippen LogP contribution < -0.4 is 10.5 Å². The molecular weight excluding hydrogens is 255 g/mol. The lowest BCUT2D eigenvalue weighted by Gasteiger charge is -2.14. The maximum Gasteiger partial charge on any atom is 0.416 e. The summed E-state index contributed by atoms with van der Waals surface area (Å²) in [5.41, 5.74) is 5.11. The Morgan fingerprint density at radius 3 is 2.47 bits per heavy atom. The van der Waals surface area contributed by atoms with Gasteiger partial charge in [-0.15, -0.1) is 0 Å². The summed E-state index contributed by atoms with van der Waals surface area (Å²) in [7, 11) is 1.32. The maximum absolute atomic E-state index is 12.5. The molecule has 0 bridgehead atoms. The van der Waals surface area contributed by atoms with Gasteiger partial charge in [0.05, 0.1) is 12.7 Å². The minimum absolute atomic E-state index is 0.0603. The summed E-state index contributed by atoms with van der Waals surface area (Å²) in [6.45, 7) is 0.445. The number of halogens is 4. The Kier molecular flexibility index (Phi) is 4.65. The van der Waals surface area contributed by atoms with Gasteiger partial charge < -0.3 is 10.5 Å². The third-order valence-electron chi connectivity index (χ3n) is 2.33. The highest BCUT2D eigenvalue weighted by atomic mass is 35.5. The first kappa shape index (κ1) is 14.1. The fourth-order valence-electron chi connectivity index (χ4n) is 1.48. The van der Waals surface area contributed by atoms with Gasteiger partial charge in [-0.2, -0.15) is 13.2 Å². The molecule has 1 rings (SSSR count). The molecule has 96 valence electrons. The van der Waals surface area contributed by atoms with E-state index in [-0.39, 0.29) is 10.8 Å². The molecule has 0 amide bonds. The van der Waals surface area contributed by atoms with Crippen molar-refractivity contribution in [2.24, 2.45) is 5.73 Å². The number of rotatable bonds is 4. The van der Waals surface area contributed by atoms with E-state index in [0.717, 1.165) is 12.1 Å². The number of benzene rings is 1. The van der Waals surface area contributed by atoms with Crippen molar-refractivity contribution in [2.45, 2.75) is 19.0 Å². The molecule has 0 fully saturated rings. The zero-order valence-corrected chi connectivity index (χ0v) is 10.0. The predicted molar refractivity (Wildman–Crippen MR) is 60.4 cm³/mol. The number of hydrogen-bond donors (Lipinski definition) is 1. The van der Waals surface area contributed by atoms with Gasteiger partial charge in [-0.1, -0.05) is 11.6 Å². The minimum atomic E-state index is -4.43. The normalized spacial score (nSPS) is 11.6. The molecule has 1 aromatic carbocycles. The van der Waals surface area contributed by atoms with Gasteiger partial charge >= 0.3 is 6.18 Å². The Labute approximate surface area is 103 Å². The average molecular weight is 268 g/mol. The van der Waals surface area contributed by atoms with Gasteiger partial charge in [-0.25, -0.2) is 0 Å². The Balaban J connectivity index is 3.16.